The van der Waals surface area contributed by atoms with E-state index in [0.717, 1.165) is 32.2 Å². The van der Waals surface area contributed by atoms with Gasteiger partial charge in [0.25, 0.3) is 0 Å². The van der Waals surface area contributed by atoms with Gasteiger partial charge in [-0.1, -0.05) is 78.1 Å². The van der Waals surface area contributed by atoms with E-state index in [1.807, 2.05) is 0 Å². The predicted molar refractivity (Wildman–Crippen MR) is 86.2 cm³/mol. The molecular weight excluding hydrogens is 250 g/mol. The second-order valence-electron chi connectivity index (χ2n) is 5.82. The highest BCUT2D eigenvalue weighted by molar-refractivity contribution is 5.73. The third-order valence-corrected chi connectivity index (χ3v) is 3.82. The fraction of sp³-hybridized carbons (Fsp3) is 0.941. The molecule has 0 aromatic heterocycles. The molecular formula is C17H35NO2. The molecule has 0 saturated carbocycles. The van der Waals surface area contributed by atoms with Crippen LogP contribution in [-0.2, 0) is 4.79 Å². The zero-order valence-electron chi connectivity index (χ0n) is 13.6. The summed E-state index contributed by atoms with van der Waals surface area (Å²) in [4.78, 5) is 11.0. The van der Waals surface area contributed by atoms with Crippen molar-refractivity contribution in [1.82, 2.24) is 5.32 Å². The Morgan fingerprint density at radius 1 is 0.850 bits per heavy atom. The van der Waals surface area contributed by atoms with Gasteiger partial charge in [-0.05, 0) is 19.4 Å². The van der Waals surface area contributed by atoms with E-state index in [-0.39, 0.29) is 6.04 Å². The van der Waals surface area contributed by atoms with E-state index >= 15 is 0 Å². The molecule has 3 nitrogen and oxygen atoms in total. The number of carboxylic acids is 1. The molecule has 2 N–H and O–H groups in total. The van der Waals surface area contributed by atoms with E-state index in [0.29, 0.717) is 0 Å². The fourth-order valence-corrected chi connectivity index (χ4v) is 2.43. The molecule has 0 aliphatic heterocycles. The topological polar surface area (TPSA) is 49.3 Å². The molecule has 0 amide bonds. The summed E-state index contributed by atoms with van der Waals surface area (Å²) >= 11 is 0. The zero-order chi connectivity index (χ0) is 15.1. The fourth-order valence-electron chi connectivity index (χ4n) is 2.43. The minimum atomic E-state index is -0.700. The Hall–Kier alpha value is -0.570. The molecule has 0 fully saturated rings. The second kappa shape index (κ2) is 14.8. The first-order chi connectivity index (χ1) is 9.72. The van der Waals surface area contributed by atoms with Gasteiger partial charge in [0.05, 0.1) is 0 Å². The number of nitrogens with one attached hydrogen (secondary N) is 1. The van der Waals surface area contributed by atoms with Gasteiger partial charge in [0.15, 0.2) is 0 Å². The molecule has 0 bridgehead atoms. The molecule has 120 valence electrons. The average Bonchev–Trinajstić information content (AvgIpc) is 2.43. The van der Waals surface area contributed by atoms with Crippen molar-refractivity contribution in [3.8, 4) is 0 Å². The van der Waals surface area contributed by atoms with E-state index in [1.54, 1.807) is 0 Å². The largest absolute Gasteiger partial charge is 0.480 e. The average molecular weight is 285 g/mol. The summed E-state index contributed by atoms with van der Waals surface area (Å²) in [6.07, 6.45) is 14.6. The number of rotatable bonds is 15. The van der Waals surface area contributed by atoms with Crippen LogP contribution < -0.4 is 5.32 Å². The summed E-state index contributed by atoms with van der Waals surface area (Å²) in [5, 5.41) is 12.3. The molecule has 0 unspecified atom stereocenters. The normalized spacial score (nSPS) is 12.5. The second-order valence-corrected chi connectivity index (χ2v) is 5.82. The third kappa shape index (κ3) is 12.5. The number of aliphatic carboxylic acids is 1. The number of carbonyl (C=O) groups is 1. The molecule has 0 radical (unpaired) electrons. The lowest BCUT2D eigenvalue weighted by Gasteiger charge is -2.13. The van der Waals surface area contributed by atoms with Gasteiger partial charge in [-0.2, -0.15) is 0 Å². The zero-order valence-corrected chi connectivity index (χ0v) is 13.6. The first-order valence-electron chi connectivity index (χ1n) is 8.68. The highest BCUT2D eigenvalue weighted by atomic mass is 16.4. The van der Waals surface area contributed by atoms with Crippen molar-refractivity contribution in [2.24, 2.45) is 0 Å². The van der Waals surface area contributed by atoms with Gasteiger partial charge in [-0.3, -0.25) is 4.79 Å². The molecule has 0 aromatic carbocycles. The van der Waals surface area contributed by atoms with Gasteiger partial charge in [-0.15, -0.1) is 0 Å². The van der Waals surface area contributed by atoms with E-state index in [2.05, 4.69) is 19.2 Å². The van der Waals surface area contributed by atoms with Gasteiger partial charge in [0.2, 0.25) is 0 Å². The predicted octanol–water partition coefficient (Wildman–Crippen LogP) is 4.75. The molecule has 0 rings (SSSR count). The quantitative estimate of drug-likeness (QED) is 0.427. The molecule has 0 aliphatic carbocycles. The minimum Gasteiger partial charge on any atom is -0.480 e. The van der Waals surface area contributed by atoms with E-state index in [9.17, 15) is 4.79 Å². The Balaban J connectivity index is 3.34. The van der Waals surface area contributed by atoms with Crippen LogP contribution in [0.5, 0.6) is 0 Å². The Kier molecular flexibility index (Phi) is 14.4. The Morgan fingerprint density at radius 2 is 1.35 bits per heavy atom. The first-order valence-corrected chi connectivity index (χ1v) is 8.68. The smallest absolute Gasteiger partial charge is 0.320 e. The summed E-state index contributed by atoms with van der Waals surface area (Å²) < 4.78 is 0. The van der Waals surface area contributed by atoms with Gasteiger partial charge < -0.3 is 10.4 Å². The number of carboxylic acid groups (broad SMARTS) is 1. The van der Waals surface area contributed by atoms with Crippen LogP contribution >= 0.6 is 0 Å². The molecule has 0 spiro atoms. The number of hydrogen-bond donors (Lipinski definition) is 2. The molecule has 0 aromatic rings. The Labute approximate surface area is 125 Å². The molecule has 0 saturated heterocycles. The van der Waals surface area contributed by atoms with Crippen molar-refractivity contribution in [3.05, 3.63) is 0 Å². The van der Waals surface area contributed by atoms with Crippen LogP contribution in [0.2, 0.25) is 0 Å². The van der Waals surface area contributed by atoms with Gasteiger partial charge in [-0.25, -0.2) is 0 Å². The Bertz CT molecular complexity index is 219. The van der Waals surface area contributed by atoms with Crippen LogP contribution in [-0.4, -0.2) is 23.7 Å². The summed E-state index contributed by atoms with van der Waals surface area (Å²) in [5.41, 5.74) is 0. The van der Waals surface area contributed by atoms with Gasteiger partial charge in [0, 0.05) is 0 Å². The van der Waals surface area contributed by atoms with Crippen LogP contribution in [0.3, 0.4) is 0 Å². The van der Waals surface area contributed by atoms with E-state index in [1.165, 1.54) is 51.4 Å². The lowest BCUT2D eigenvalue weighted by molar-refractivity contribution is -0.139. The van der Waals surface area contributed by atoms with Crippen molar-refractivity contribution in [2.75, 3.05) is 6.54 Å². The highest BCUT2D eigenvalue weighted by Gasteiger charge is 2.14. The summed E-state index contributed by atoms with van der Waals surface area (Å²) in [6, 6.07) is -0.344. The third-order valence-electron chi connectivity index (χ3n) is 3.82. The van der Waals surface area contributed by atoms with Crippen molar-refractivity contribution in [3.63, 3.8) is 0 Å². The van der Waals surface area contributed by atoms with E-state index in [4.69, 9.17) is 5.11 Å². The standard InChI is InChI=1S/C17H35NO2/c1-3-5-7-8-9-10-11-12-13-15-18-16(17(19)20)14-6-4-2/h16,18H,3-15H2,1-2H3,(H,19,20)/t16-/m0/s1. The molecule has 20 heavy (non-hydrogen) atoms. The minimum absolute atomic E-state index is 0.344. The lowest BCUT2D eigenvalue weighted by atomic mass is 10.1. The van der Waals surface area contributed by atoms with Crippen molar-refractivity contribution >= 4 is 5.97 Å². The molecule has 1 atom stereocenters. The van der Waals surface area contributed by atoms with E-state index < -0.39 is 5.97 Å². The van der Waals surface area contributed by atoms with Gasteiger partial charge in [0.1, 0.15) is 6.04 Å². The van der Waals surface area contributed by atoms with Crippen molar-refractivity contribution in [2.45, 2.75) is 96.9 Å². The maximum atomic E-state index is 11.0. The highest BCUT2D eigenvalue weighted by Crippen LogP contribution is 2.09. The summed E-state index contributed by atoms with van der Waals surface area (Å²) in [7, 11) is 0. The first kappa shape index (κ1) is 19.4. The van der Waals surface area contributed by atoms with Crippen molar-refractivity contribution < 1.29 is 9.90 Å². The molecule has 0 heterocycles. The van der Waals surface area contributed by atoms with Gasteiger partial charge >= 0.3 is 5.97 Å². The summed E-state index contributed by atoms with van der Waals surface area (Å²) in [6.45, 7) is 5.19. The van der Waals surface area contributed by atoms with Crippen LogP contribution in [0.1, 0.15) is 90.9 Å². The van der Waals surface area contributed by atoms with Crippen LogP contribution in [0.15, 0.2) is 0 Å². The SMILES string of the molecule is CCCCCCCCCCCN[C@@H](CCCC)C(=O)O. The summed E-state index contributed by atoms with van der Waals surface area (Å²) in [5.74, 6) is -0.700. The Morgan fingerprint density at radius 3 is 1.85 bits per heavy atom. The maximum absolute atomic E-state index is 11.0. The molecule has 3 heteroatoms. The number of hydrogen-bond acceptors (Lipinski definition) is 2. The lowest BCUT2D eigenvalue weighted by Crippen LogP contribution is -2.37. The monoisotopic (exact) mass is 285 g/mol. The van der Waals surface area contributed by atoms with Crippen molar-refractivity contribution in [1.29, 1.82) is 0 Å². The maximum Gasteiger partial charge on any atom is 0.320 e. The molecule has 0 aliphatic rings. The van der Waals surface area contributed by atoms with Crippen LogP contribution in [0, 0.1) is 0 Å². The van der Waals surface area contributed by atoms with Crippen LogP contribution in [0.25, 0.3) is 0 Å². The van der Waals surface area contributed by atoms with Crippen LogP contribution in [0.4, 0.5) is 0 Å². The number of unbranched alkanes of at least 4 members (excludes halogenated alkanes) is 9.